The first kappa shape index (κ1) is 28.4. The first-order valence-electron chi connectivity index (χ1n) is 12.4. The van der Waals surface area contributed by atoms with Crippen LogP contribution in [0.1, 0.15) is 65.0 Å². The molecule has 1 aliphatic carbocycles. The summed E-state index contributed by atoms with van der Waals surface area (Å²) >= 11 is 0. The van der Waals surface area contributed by atoms with Crippen LogP contribution in [0.3, 0.4) is 0 Å². The molecule has 196 valence electrons. The van der Waals surface area contributed by atoms with E-state index in [1.807, 2.05) is 13.8 Å². The predicted octanol–water partition coefficient (Wildman–Crippen LogP) is 4.14. The number of anilines is 1. The van der Waals surface area contributed by atoms with Gasteiger partial charge in [0.15, 0.2) is 6.29 Å². The standard InChI is InChI=1S/C12H16N4O2.C5H7F2N3.C5H10.C2H6/c17-7-9-4-13-2-1-12(15-14-5-9)16-6-11-3-10(16)8-18-11;1-8-3-2-9-10-4(3)5(6)7;1-5-3-2-4-5;1-2/h4-5,7,10-11,14H,1-3,6,8H2;2,5,8H,1H3,(H,9,10);5H,2-4H2,1H3;1-2H3/b9-5+,13-4?,15-12+;;;. The van der Waals surface area contributed by atoms with Crippen LogP contribution in [-0.4, -0.2) is 72.3 Å². The quantitative estimate of drug-likeness (QED) is 0.544. The van der Waals surface area contributed by atoms with E-state index < -0.39 is 6.43 Å². The zero-order valence-corrected chi connectivity index (χ0v) is 21.1. The number of likely N-dealkylation sites (tertiary alicyclic amines) is 1. The van der Waals surface area contributed by atoms with Crippen LogP contribution in [0.15, 0.2) is 28.1 Å². The Kier molecular flexibility index (Phi) is 12.4. The maximum atomic E-state index is 11.9. The Morgan fingerprint density at radius 3 is 2.54 bits per heavy atom. The van der Waals surface area contributed by atoms with Gasteiger partial charge in [0.25, 0.3) is 6.43 Å². The lowest BCUT2D eigenvalue weighted by atomic mass is 9.88. The highest BCUT2D eigenvalue weighted by molar-refractivity contribution is 6.01. The average molecular weight is 496 g/mol. The number of alkyl halides is 2. The first-order chi connectivity index (χ1) is 17.0. The molecule has 1 saturated carbocycles. The number of nitrogens with zero attached hydrogens (tertiary/aromatic N) is 4. The Hall–Kier alpha value is -2.82. The Bertz CT molecular complexity index is 853. The molecule has 0 amide bonds. The van der Waals surface area contributed by atoms with E-state index in [0.717, 1.165) is 44.0 Å². The van der Waals surface area contributed by atoms with Crippen molar-refractivity contribution >= 4 is 24.0 Å². The van der Waals surface area contributed by atoms with Crippen LogP contribution in [-0.2, 0) is 9.53 Å². The maximum absolute atomic E-state index is 11.9. The van der Waals surface area contributed by atoms with E-state index in [9.17, 15) is 13.6 Å². The van der Waals surface area contributed by atoms with Crippen molar-refractivity contribution in [3.63, 3.8) is 0 Å². The van der Waals surface area contributed by atoms with Gasteiger partial charge in [-0.05, 0) is 12.3 Å². The molecule has 35 heavy (non-hydrogen) atoms. The molecular weight excluding hydrogens is 456 g/mol. The van der Waals surface area contributed by atoms with E-state index in [-0.39, 0.29) is 5.69 Å². The number of H-pyrrole nitrogens is 1. The third-order valence-corrected chi connectivity index (χ3v) is 6.05. The molecule has 5 rings (SSSR count). The van der Waals surface area contributed by atoms with E-state index in [2.05, 4.69) is 42.9 Å². The summed E-state index contributed by atoms with van der Waals surface area (Å²) in [6.45, 7) is 8.67. The van der Waals surface area contributed by atoms with Gasteiger partial charge in [0.1, 0.15) is 11.5 Å². The number of hydrazone groups is 1. The lowest BCUT2D eigenvalue weighted by Gasteiger charge is -2.29. The van der Waals surface area contributed by atoms with E-state index in [4.69, 9.17) is 4.74 Å². The number of aldehydes is 1. The summed E-state index contributed by atoms with van der Waals surface area (Å²) in [7, 11) is 1.57. The number of aromatic amines is 1. The summed E-state index contributed by atoms with van der Waals surface area (Å²) < 4.78 is 29.5. The van der Waals surface area contributed by atoms with Crippen LogP contribution in [0.5, 0.6) is 0 Å². The molecule has 11 heteroatoms. The molecule has 4 aliphatic rings. The minimum absolute atomic E-state index is 0.164. The zero-order valence-electron chi connectivity index (χ0n) is 21.1. The number of ether oxygens (including phenoxy) is 1. The zero-order chi connectivity index (χ0) is 25.6. The minimum Gasteiger partial charge on any atom is -0.385 e. The van der Waals surface area contributed by atoms with E-state index >= 15 is 0 Å². The number of nitrogens with one attached hydrogen (secondary N) is 3. The summed E-state index contributed by atoms with van der Waals surface area (Å²) in [5.41, 5.74) is 3.52. The monoisotopic (exact) mass is 495 g/mol. The van der Waals surface area contributed by atoms with Crippen molar-refractivity contribution in [3.8, 4) is 0 Å². The molecular formula is C24H39F2N7O2. The van der Waals surface area contributed by atoms with E-state index in [0.29, 0.717) is 30.0 Å². The summed E-state index contributed by atoms with van der Waals surface area (Å²) in [6.07, 6.45) is 9.44. The number of allylic oxidation sites excluding steroid dienone is 1. The van der Waals surface area contributed by atoms with Crippen LogP contribution < -0.4 is 10.7 Å². The van der Waals surface area contributed by atoms with Crippen molar-refractivity contribution < 1.29 is 18.3 Å². The molecule has 2 bridgehead atoms. The molecule has 2 unspecified atom stereocenters. The van der Waals surface area contributed by atoms with Crippen LogP contribution in [0.25, 0.3) is 0 Å². The van der Waals surface area contributed by atoms with Crippen LogP contribution in [0, 0.1) is 5.92 Å². The Morgan fingerprint density at radius 1 is 1.31 bits per heavy atom. The molecule has 2 atom stereocenters. The molecule has 0 spiro atoms. The maximum Gasteiger partial charge on any atom is 0.281 e. The topological polar surface area (TPSA) is 107 Å². The molecule has 3 fully saturated rings. The van der Waals surface area contributed by atoms with Gasteiger partial charge in [0, 0.05) is 44.5 Å². The summed E-state index contributed by atoms with van der Waals surface area (Å²) in [5, 5.41) is 12.6. The van der Waals surface area contributed by atoms with Crippen molar-refractivity contribution in [2.24, 2.45) is 16.0 Å². The van der Waals surface area contributed by atoms with Gasteiger partial charge >= 0.3 is 0 Å². The third-order valence-electron chi connectivity index (χ3n) is 6.05. The smallest absolute Gasteiger partial charge is 0.281 e. The number of rotatable bonds is 3. The Balaban J connectivity index is 0.000000213. The van der Waals surface area contributed by atoms with Crippen molar-refractivity contribution in [1.29, 1.82) is 0 Å². The second-order valence-corrected chi connectivity index (χ2v) is 8.49. The fourth-order valence-electron chi connectivity index (χ4n) is 3.87. The van der Waals surface area contributed by atoms with Crippen molar-refractivity contribution in [1.82, 2.24) is 20.5 Å². The molecule has 0 radical (unpaired) electrons. The fourth-order valence-corrected chi connectivity index (χ4v) is 3.87. The summed E-state index contributed by atoms with van der Waals surface area (Å²) in [5.74, 6) is 2.07. The molecule has 0 aromatic carbocycles. The highest BCUT2D eigenvalue weighted by atomic mass is 19.3. The molecule has 1 aromatic rings. The third kappa shape index (κ3) is 8.72. The highest BCUT2D eigenvalue weighted by Crippen LogP contribution is 2.28. The van der Waals surface area contributed by atoms with Crippen LogP contribution in [0.2, 0.25) is 0 Å². The molecule has 9 nitrogen and oxygen atoms in total. The van der Waals surface area contributed by atoms with Gasteiger partial charge in [-0.3, -0.25) is 20.3 Å². The number of hydrogen-bond acceptors (Lipinski definition) is 8. The number of fused-ring (bicyclic) bond motifs is 2. The highest BCUT2D eigenvalue weighted by Gasteiger charge is 2.40. The van der Waals surface area contributed by atoms with Crippen LogP contribution >= 0.6 is 0 Å². The largest absolute Gasteiger partial charge is 0.385 e. The van der Waals surface area contributed by atoms with Crippen molar-refractivity contribution in [2.75, 3.05) is 32.1 Å². The number of morpholine rings is 1. The molecule has 3 N–H and O–H groups in total. The second-order valence-electron chi connectivity index (χ2n) is 8.49. The number of hydrogen-bond donors (Lipinski definition) is 3. The molecule has 4 heterocycles. The van der Waals surface area contributed by atoms with Crippen LogP contribution in [0.4, 0.5) is 14.5 Å². The molecule has 1 aromatic heterocycles. The second kappa shape index (κ2) is 15.2. The minimum atomic E-state index is -2.50. The number of aromatic nitrogens is 2. The van der Waals surface area contributed by atoms with Crippen molar-refractivity contribution in [3.05, 3.63) is 23.7 Å². The lowest BCUT2D eigenvalue weighted by Crippen LogP contribution is -2.42. The van der Waals surface area contributed by atoms with Gasteiger partial charge in [-0.15, -0.1) is 0 Å². The fraction of sp³-hybridized carbons (Fsp3) is 0.667. The van der Waals surface area contributed by atoms with E-state index in [1.54, 1.807) is 19.5 Å². The van der Waals surface area contributed by atoms with Crippen molar-refractivity contribution in [2.45, 2.75) is 71.4 Å². The SMILES string of the molecule is CC.CC1CCC1.CNc1cn[nH]c1C(F)F.O=C/C1=C/N/N=C(/N2CC3CC2CO3)CCN=C1. The first-order valence-corrected chi connectivity index (χ1v) is 12.4. The lowest BCUT2D eigenvalue weighted by molar-refractivity contribution is -0.104. The van der Waals surface area contributed by atoms with Gasteiger partial charge in [-0.25, -0.2) is 8.78 Å². The average Bonchev–Trinajstić information content (AvgIpc) is 3.62. The number of aliphatic imine (C=N–C) groups is 1. The Morgan fingerprint density at radius 2 is 2.06 bits per heavy atom. The number of carbonyl (C=O) groups excluding carboxylic acids is 1. The van der Waals surface area contributed by atoms with Gasteiger partial charge in [-0.1, -0.05) is 40.0 Å². The summed E-state index contributed by atoms with van der Waals surface area (Å²) in [4.78, 5) is 17.2. The van der Waals surface area contributed by atoms with Gasteiger partial charge < -0.3 is 15.0 Å². The summed E-state index contributed by atoms with van der Waals surface area (Å²) in [6, 6.07) is 0.454. The number of halogens is 2. The Labute approximate surface area is 206 Å². The number of amidine groups is 1. The molecule has 3 aliphatic heterocycles. The van der Waals surface area contributed by atoms with E-state index in [1.165, 1.54) is 25.5 Å². The molecule has 2 saturated heterocycles. The van der Waals surface area contributed by atoms with Gasteiger partial charge in [0.05, 0.1) is 30.6 Å². The number of carbonyl (C=O) groups is 1. The van der Waals surface area contributed by atoms with Gasteiger partial charge in [-0.2, -0.15) is 10.2 Å². The predicted molar refractivity (Wildman–Crippen MR) is 135 cm³/mol. The van der Waals surface area contributed by atoms with Gasteiger partial charge in [0.2, 0.25) is 0 Å². The normalized spacial score (nSPS) is 25.7.